The zero-order valence-corrected chi connectivity index (χ0v) is 18.2. The van der Waals surface area contributed by atoms with E-state index in [1.807, 2.05) is 64.2 Å². The molecule has 1 fully saturated rings. The molecule has 6 nitrogen and oxygen atoms in total. The Hall–Kier alpha value is -1.80. The fourth-order valence-corrected chi connectivity index (χ4v) is 4.91. The second-order valence-corrected chi connectivity index (χ2v) is 11.2. The van der Waals surface area contributed by atoms with Crippen LogP contribution in [-0.4, -0.2) is 48.6 Å². The Bertz CT molecular complexity index is 773. The number of benzene rings is 1. The molecule has 1 aromatic rings. The van der Waals surface area contributed by atoms with E-state index in [-0.39, 0.29) is 18.3 Å². The van der Waals surface area contributed by atoms with Gasteiger partial charge >= 0.3 is 0 Å². The first kappa shape index (κ1) is 20.9. The molecule has 1 amide bonds. The molecule has 0 radical (unpaired) electrons. The summed E-state index contributed by atoms with van der Waals surface area (Å²) in [7, 11) is -1.58. The van der Waals surface area contributed by atoms with Gasteiger partial charge in [-0.1, -0.05) is 51.1 Å². The van der Waals surface area contributed by atoms with Crippen LogP contribution in [-0.2, 0) is 25.5 Å². The molecule has 0 aromatic heterocycles. The number of aliphatic hydroxyl groups is 1. The van der Waals surface area contributed by atoms with Crippen molar-refractivity contribution in [3.63, 3.8) is 0 Å². The van der Waals surface area contributed by atoms with Gasteiger partial charge in [0, 0.05) is 0 Å². The smallest absolute Gasteiger partial charge is 0.278 e. The minimum atomic E-state index is -1.58. The molecule has 1 aliphatic heterocycles. The Kier molecular flexibility index (Phi) is 5.64. The SMILES string of the molecule is C[SiH](C)OC1C(=O)N(OCc2ccccc2)C12C=CC(=O)C(C(C)(C)C)C2O. The zero-order chi connectivity index (χ0) is 20.7. The van der Waals surface area contributed by atoms with Crippen molar-refractivity contribution in [1.29, 1.82) is 0 Å². The van der Waals surface area contributed by atoms with Crippen molar-refractivity contribution in [3.8, 4) is 0 Å². The van der Waals surface area contributed by atoms with Crippen LogP contribution in [0.5, 0.6) is 0 Å². The van der Waals surface area contributed by atoms with Crippen molar-refractivity contribution in [3.05, 3.63) is 48.0 Å². The van der Waals surface area contributed by atoms with E-state index in [0.717, 1.165) is 5.56 Å². The predicted octanol–water partition coefficient (Wildman–Crippen LogP) is 2.23. The topological polar surface area (TPSA) is 76.1 Å². The highest BCUT2D eigenvalue weighted by molar-refractivity contribution is 6.48. The maximum atomic E-state index is 12.8. The molecule has 4 unspecified atom stereocenters. The van der Waals surface area contributed by atoms with Crippen LogP contribution < -0.4 is 0 Å². The largest absolute Gasteiger partial charge is 0.407 e. The number of hydrogen-bond acceptors (Lipinski definition) is 5. The van der Waals surface area contributed by atoms with Gasteiger partial charge in [-0.15, -0.1) is 0 Å². The number of amides is 1. The highest BCUT2D eigenvalue weighted by Gasteiger charge is 2.69. The van der Waals surface area contributed by atoms with Crippen LogP contribution in [0.25, 0.3) is 0 Å². The van der Waals surface area contributed by atoms with Crippen LogP contribution in [0.3, 0.4) is 0 Å². The van der Waals surface area contributed by atoms with Crippen molar-refractivity contribution < 1.29 is 24.0 Å². The van der Waals surface area contributed by atoms with E-state index >= 15 is 0 Å². The number of rotatable bonds is 5. The third kappa shape index (κ3) is 3.48. The summed E-state index contributed by atoms with van der Waals surface area (Å²) >= 11 is 0. The summed E-state index contributed by atoms with van der Waals surface area (Å²) in [6, 6.07) is 9.50. The standard InChI is InChI=1S/C21H29NO5Si/c1-20(2,3)16-15(23)11-12-21(17(16)24)18(27-28(4)5)19(25)22(21)26-13-14-9-7-6-8-10-14/h6-12,16-18,24,28H,13H2,1-5H3. The molecule has 1 saturated heterocycles. The molecule has 3 rings (SSSR count). The lowest BCUT2D eigenvalue weighted by Crippen LogP contribution is -2.81. The molecule has 1 spiro atoms. The molecule has 152 valence electrons. The number of β-lactam (4-membered cyclic amide) rings is 1. The lowest BCUT2D eigenvalue weighted by molar-refractivity contribution is -0.300. The maximum absolute atomic E-state index is 12.8. The second kappa shape index (κ2) is 7.55. The van der Waals surface area contributed by atoms with Gasteiger partial charge in [0.2, 0.25) is 0 Å². The number of aliphatic hydroxyl groups excluding tert-OH is 1. The minimum absolute atomic E-state index is 0.145. The summed E-state index contributed by atoms with van der Waals surface area (Å²) in [6.07, 6.45) is 1.11. The molecule has 0 bridgehead atoms. The van der Waals surface area contributed by atoms with Crippen molar-refractivity contribution in [2.75, 3.05) is 0 Å². The molecule has 2 aliphatic rings. The summed E-state index contributed by atoms with van der Waals surface area (Å²) in [6.45, 7) is 9.87. The van der Waals surface area contributed by atoms with Gasteiger partial charge in [0.1, 0.15) is 12.1 Å². The van der Waals surface area contributed by atoms with E-state index in [4.69, 9.17) is 9.26 Å². The van der Waals surface area contributed by atoms with Crippen molar-refractivity contribution in [2.45, 2.75) is 58.2 Å². The number of carbonyl (C=O) groups is 2. The maximum Gasteiger partial charge on any atom is 0.278 e. The van der Waals surface area contributed by atoms with Gasteiger partial charge in [-0.05, 0) is 36.2 Å². The lowest BCUT2D eigenvalue weighted by atomic mass is 9.62. The van der Waals surface area contributed by atoms with Gasteiger partial charge in [0.05, 0.1) is 12.0 Å². The van der Waals surface area contributed by atoms with Gasteiger partial charge in [0.25, 0.3) is 5.91 Å². The van der Waals surface area contributed by atoms with E-state index in [9.17, 15) is 14.7 Å². The van der Waals surface area contributed by atoms with Gasteiger partial charge < -0.3 is 9.53 Å². The fourth-order valence-electron chi connectivity index (χ4n) is 4.03. The van der Waals surface area contributed by atoms with Gasteiger partial charge in [-0.2, -0.15) is 0 Å². The first-order valence-electron chi connectivity index (χ1n) is 9.66. The van der Waals surface area contributed by atoms with E-state index in [0.29, 0.717) is 0 Å². The quantitative estimate of drug-likeness (QED) is 0.603. The summed E-state index contributed by atoms with van der Waals surface area (Å²) in [5.41, 5.74) is -0.752. The van der Waals surface area contributed by atoms with E-state index in [1.165, 1.54) is 11.1 Å². The Balaban J connectivity index is 1.94. The van der Waals surface area contributed by atoms with Crippen LogP contribution in [0.4, 0.5) is 0 Å². The monoisotopic (exact) mass is 403 g/mol. The van der Waals surface area contributed by atoms with Crippen LogP contribution in [0.2, 0.25) is 13.1 Å². The average Bonchev–Trinajstić information content (AvgIpc) is 2.61. The molecule has 1 aliphatic carbocycles. The van der Waals surface area contributed by atoms with Crippen molar-refractivity contribution >= 4 is 20.7 Å². The summed E-state index contributed by atoms with van der Waals surface area (Å²) < 4.78 is 5.99. The number of ketones is 1. The second-order valence-electron chi connectivity index (χ2n) is 8.87. The Morgan fingerprint density at radius 2 is 1.82 bits per heavy atom. The third-order valence-corrected chi connectivity index (χ3v) is 6.17. The molecular weight excluding hydrogens is 374 g/mol. The summed E-state index contributed by atoms with van der Waals surface area (Å²) in [5, 5.41) is 12.5. The van der Waals surface area contributed by atoms with Gasteiger partial charge in [-0.25, -0.2) is 5.06 Å². The third-order valence-electron chi connectivity index (χ3n) is 5.35. The van der Waals surface area contributed by atoms with Crippen LogP contribution in [0.15, 0.2) is 42.5 Å². The normalized spacial score (nSPS) is 30.2. The lowest BCUT2D eigenvalue weighted by Gasteiger charge is -2.59. The number of allylic oxidation sites excluding steroid dienone is 1. The highest BCUT2D eigenvalue weighted by atomic mass is 28.3. The van der Waals surface area contributed by atoms with Crippen molar-refractivity contribution in [2.24, 2.45) is 11.3 Å². The molecule has 1 aromatic carbocycles. The number of carbonyl (C=O) groups excluding carboxylic acids is 2. The van der Waals surface area contributed by atoms with E-state index in [2.05, 4.69) is 0 Å². The highest BCUT2D eigenvalue weighted by Crippen LogP contribution is 2.48. The summed E-state index contributed by atoms with van der Waals surface area (Å²) in [4.78, 5) is 31.2. The summed E-state index contributed by atoms with van der Waals surface area (Å²) in [5.74, 6) is -1.12. The first-order chi connectivity index (χ1) is 13.1. The Morgan fingerprint density at radius 3 is 2.39 bits per heavy atom. The predicted molar refractivity (Wildman–Crippen MR) is 108 cm³/mol. The van der Waals surface area contributed by atoms with Crippen LogP contribution in [0.1, 0.15) is 26.3 Å². The van der Waals surface area contributed by atoms with Crippen LogP contribution in [0, 0.1) is 11.3 Å². The van der Waals surface area contributed by atoms with Gasteiger partial charge in [-0.3, -0.25) is 14.4 Å². The van der Waals surface area contributed by atoms with E-state index < -0.39 is 38.1 Å². The molecule has 28 heavy (non-hydrogen) atoms. The molecule has 1 N–H and O–H groups in total. The molecule has 4 atom stereocenters. The molecule has 0 saturated carbocycles. The number of hydrogen-bond donors (Lipinski definition) is 1. The molecule has 7 heteroatoms. The molecule has 1 heterocycles. The molecular formula is C21H29NO5Si. The zero-order valence-electron chi connectivity index (χ0n) is 17.1. The Labute approximate surface area is 167 Å². The van der Waals surface area contributed by atoms with Gasteiger partial charge in [0.15, 0.2) is 20.9 Å². The number of hydroxylamine groups is 2. The van der Waals surface area contributed by atoms with Crippen molar-refractivity contribution in [1.82, 2.24) is 5.06 Å². The van der Waals surface area contributed by atoms with Crippen LogP contribution >= 0.6 is 0 Å². The minimum Gasteiger partial charge on any atom is -0.407 e. The van der Waals surface area contributed by atoms with E-state index in [1.54, 1.807) is 6.08 Å². The average molecular weight is 404 g/mol. The fraction of sp³-hybridized carbons (Fsp3) is 0.524. The Morgan fingerprint density at radius 1 is 1.18 bits per heavy atom. The number of nitrogens with zero attached hydrogens (tertiary/aromatic N) is 1. The first-order valence-corrected chi connectivity index (χ1v) is 12.4.